The van der Waals surface area contributed by atoms with E-state index in [0.29, 0.717) is 30.9 Å². The lowest BCUT2D eigenvalue weighted by molar-refractivity contribution is -0.145. The average molecular weight is 478 g/mol. The Morgan fingerprint density at radius 3 is 2.56 bits per heavy atom. The zero-order chi connectivity index (χ0) is 23.5. The van der Waals surface area contributed by atoms with Gasteiger partial charge in [0.25, 0.3) is 0 Å². The van der Waals surface area contributed by atoms with Crippen molar-refractivity contribution in [2.24, 2.45) is 0 Å². The molecule has 5 rings (SSSR count). The van der Waals surface area contributed by atoms with Crippen molar-refractivity contribution in [3.63, 3.8) is 0 Å². The Hall–Kier alpha value is -2.77. The molecule has 0 spiro atoms. The lowest BCUT2D eigenvalue weighted by atomic mass is 10.1. The minimum Gasteiger partial charge on any atom is -0.384 e. The van der Waals surface area contributed by atoms with Gasteiger partial charge in [-0.25, -0.2) is 4.98 Å². The van der Waals surface area contributed by atoms with Crippen molar-refractivity contribution in [2.75, 3.05) is 13.1 Å². The van der Waals surface area contributed by atoms with Gasteiger partial charge in [-0.05, 0) is 56.2 Å². The molecule has 2 aromatic carbocycles. The number of hydrogen-bond donors (Lipinski definition) is 1. The van der Waals surface area contributed by atoms with Crippen molar-refractivity contribution < 1.29 is 14.7 Å². The number of likely N-dealkylation sites (tertiary alicyclic amines) is 2. The first-order chi connectivity index (χ1) is 16.6. The van der Waals surface area contributed by atoms with Crippen LogP contribution in [0.2, 0.25) is 0 Å². The molecule has 6 nitrogen and oxygen atoms in total. The maximum Gasteiger partial charge on any atom is 0.245 e. The van der Waals surface area contributed by atoms with Gasteiger partial charge in [-0.1, -0.05) is 42.5 Å². The summed E-state index contributed by atoms with van der Waals surface area (Å²) in [5.74, 6) is 0.0471. The van der Waals surface area contributed by atoms with Gasteiger partial charge in [0.1, 0.15) is 17.2 Å². The molecule has 2 saturated heterocycles. The maximum absolute atomic E-state index is 13.6. The lowest BCUT2D eigenvalue weighted by Gasteiger charge is -2.33. The first kappa shape index (κ1) is 23.0. The summed E-state index contributed by atoms with van der Waals surface area (Å²) < 4.78 is 1.04. The highest BCUT2D eigenvalue weighted by Crippen LogP contribution is 2.35. The minimum absolute atomic E-state index is 0.0171. The third kappa shape index (κ3) is 4.72. The van der Waals surface area contributed by atoms with Crippen LogP contribution in [0.1, 0.15) is 55.2 Å². The summed E-state index contributed by atoms with van der Waals surface area (Å²) in [6.45, 7) is 1.26. The van der Waals surface area contributed by atoms with Crippen molar-refractivity contribution in [1.29, 1.82) is 0 Å². The van der Waals surface area contributed by atoms with E-state index < -0.39 is 12.1 Å². The van der Waals surface area contributed by atoms with Crippen LogP contribution in [0.4, 0.5) is 0 Å². The SMILES string of the molecule is O=C(CCCc1ccccc1)N1CCC[C@H]1C(=O)N1CCC[C@H]1C(O)c1nc2ccccc2s1. The fraction of sp³-hybridized carbons (Fsp3) is 0.444. The molecular weight excluding hydrogens is 446 g/mol. The normalized spacial score (nSPS) is 21.3. The molecule has 178 valence electrons. The summed E-state index contributed by atoms with van der Waals surface area (Å²) in [7, 11) is 0. The van der Waals surface area contributed by atoms with Crippen LogP contribution >= 0.6 is 11.3 Å². The number of fused-ring (bicyclic) bond motifs is 1. The Kier molecular flexibility index (Phi) is 6.92. The number of aliphatic hydroxyl groups excluding tert-OH is 1. The van der Waals surface area contributed by atoms with E-state index >= 15 is 0 Å². The Morgan fingerprint density at radius 1 is 1.00 bits per heavy atom. The molecule has 1 N–H and O–H groups in total. The van der Waals surface area contributed by atoms with E-state index in [0.717, 1.165) is 42.3 Å². The highest BCUT2D eigenvalue weighted by molar-refractivity contribution is 7.18. The van der Waals surface area contributed by atoms with Crippen molar-refractivity contribution in [3.8, 4) is 0 Å². The predicted octanol–water partition coefficient (Wildman–Crippen LogP) is 4.33. The Labute approximate surface area is 204 Å². The second-order valence-electron chi connectivity index (χ2n) is 9.29. The zero-order valence-electron chi connectivity index (χ0n) is 19.3. The molecule has 0 saturated carbocycles. The fourth-order valence-corrected chi connectivity index (χ4v) is 6.33. The Bertz CT molecular complexity index is 1120. The van der Waals surface area contributed by atoms with Crippen molar-refractivity contribution in [2.45, 2.75) is 63.1 Å². The van der Waals surface area contributed by atoms with E-state index in [1.54, 1.807) is 4.90 Å². The molecule has 1 unspecified atom stereocenters. The molecule has 2 amide bonds. The fourth-order valence-electron chi connectivity index (χ4n) is 5.32. The number of para-hydroxylation sites is 1. The van der Waals surface area contributed by atoms with Gasteiger partial charge in [-0.3, -0.25) is 9.59 Å². The molecule has 2 aliphatic heterocycles. The number of thiazole rings is 1. The Balaban J connectivity index is 1.23. The minimum atomic E-state index is -0.805. The van der Waals surface area contributed by atoms with Crippen LogP contribution in [-0.4, -0.2) is 56.9 Å². The van der Waals surface area contributed by atoms with E-state index in [9.17, 15) is 14.7 Å². The van der Waals surface area contributed by atoms with Gasteiger partial charge < -0.3 is 14.9 Å². The molecule has 1 aromatic heterocycles. The Morgan fingerprint density at radius 2 is 1.74 bits per heavy atom. The van der Waals surface area contributed by atoms with Crippen LogP contribution in [0, 0.1) is 0 Å². The molecular formula is C27H31N3O3S. The first-order valence-corrected chi connectivity index (χ1v) is 13.1. The average Bonchev–Trinajstić information content (AvgIpc) is 3.63. The number of aryl methyl sites for hydroxylation is 1. The molecule has 0 radical (unpaired) electrons. The predicted molar refractivity (Wildman–Crippen MR) is 133 cm³/mol. The molecule has 7 heteroatoms. The van der Waals surface area contributed by atoms with E-state index in [1.165, 1.54) is 16.9 Å². The summed E-state index contributed by atoms with van der Waals surface area (Å²) in [5.41, 5.74) is 2.11. The zero-order valence-corrected chi connectivity index (χ0v) is 20.1. The molecule has 2 aliphatic rings. The quantitative estimate of drug-likeness (QED) is 0.550. The van der Waals surface area contributed by atoms with E-state index in [-0.39, 0.29) is 17.9 Å². The number of carbonyl (C=O) groups excluding carboxylic acids is 2. The van der Waals surface area contributed by atoms with E-state index in [4.69, 9.17) is 0 Å². The maximum atomic E-state index is 13.6. The number of rotatable bonds is 7. The van der Waals surface area contributed by atoms with Gasteiger partial charge in [-0.15, -0.1) is 11.3 Å². The summed E-state index contributed by atoms with van der Waals surface area (Å²) in [4.78, 5) is 34.8. The smallest absolute Gasteiger partial charge is 0.245 e. The number of nitrogens with zero attached hydrogens (tertiary/aromatic N) is 3. The van der Waals surface area contributed by atoms with Gasteiger partial charge in [-0.2, -0.15) is 0 Å². The molecule has 0 aliphatic carbocycles. The molecule has 34 heavy (non-hydrogen) atoms. The highest BCUT2D eigenvalue weighted by atomic mass is 32.1. The number of aliphatic hydroxyl groups is 1. The second-order valence-corrected chi connectivity index (χ2v) is 10.4. The van der Waals surface area contributed by atoms with Crippen LogP contribution in [0.25, 0.3) is 10.2 Å². The third-order valence-electron chi connectivity index (χ3n) is 7.07. The van der Waals surface area contributed by atoms with Crippen LogP contribution in [-0.2, 0) is 16.0 Å². The molecule has 3 atom stereocenters. The third-order valence-corrected chi connectivity index (χ3v) is 8.17. The van der Waals surface area contributed by atoms with Gasteiger partial charge in [0.05, 0.1) is 16.3 Å². The number of benzene rings is 2. The number of hydrogen-bond acceptors (Lipinski definition) is 5. The van der Waals surface area contributed by atoms with Gasteiger partial charge >= 0.3 is 0 Å². The molecule has 2 fully saturated rings. The van der Waals surface area contributed by atoms with E-state index in [2.05, 4.69) is 17.1 Å². The molecule has 3 heterocycles. The van der Waals surface area contributed by atoms with E-state index in [1.807, 2.05) is 47.4 Å². The van der Waals surface area contributed by atoms with Crippen molar-refractivity contribution in [3.05, 3.63) is 65.2 Å². The van der Waals surface area contributed by atoms with Gasteiger partial charge in [0.15, 0.2) is 0 Å². The standard InChI is InChI=1S/C27H31N3O3S/c31-24(16-6-11-19-9-2-1-3-10-19)29-17-8-14-22(29)27(33)30-18-7-13-21(30)25(32)26-28-20-12-4-5-15-23(20)34-26/h1-5,9-10,12,15,21-22,25,32H,6-8,11,13-14,16-18H2/t21-,22-,25?/m0/s1. The number of amides is 2. The summed E-state index contributed by atoms with van der Waals surface area (Å²) >= 11 is 1.49. The monoisotopic (exact) mass is 477 g/mol. The van der Waals surface area contributed by atoms with Gasteiger partial charge in [0, 0.05) is 19.5 Å². The highest BCUT2D eigenvalue weighted by Gasteiger charge is 2.42. The number of aromatic nitrogens is 1. The molecule has 3 aromatic rings. The van der Waals surface area contributed by atoms with Crippen LogP contribution in [0.5, 0.6) is 0 Å². The van der Waals surface area contributed by atoms with Gasteiger partial charge in [0.2, 0.25) is 11.8 Å². The van der Waals surface area contributed by atoms with Crippen LogP contribution in [0.15, 0.2) is 54.6 Å². The second kappa shape index (κ2) is 10.2. The van der Waals surface area contributed by atoms with Crippen molar-refractivity contribution >= 4 is 33.4 Å². The largest absolute Gasteiger partial charge is 0.384 e. The summed E-state index contributed by atoms with van der Waals surface area (Å²) in [6.07, 6.45) is 4.45. The lowest BCUT2D eigenvalue weighted by Crippen LogP contribution is -2.50. The van der Waals surface area contributed by atoms with Crippen molar-refractivity contribution in [1.82, 2.24) is 14.8 Å². The van der Waals surface area contributed by atoms with Crippen LogP contribution < -0.4 is 0 Å². The summed E-state index contributed by atoms with van der Waals surface area (Å²) in [6, 6.07) is 17.3. The number of carbonyl (C=O) groups is 2. The molecule has 0 bridgehead atoms. The topological polar surface area (TPSA) is 73.7 Å². The first-order valence-electron chi connectivity index (χ1n) is 12.3. The van der Waals surface area contributed by atoms with Crippen LogP contribution in [0.3, 0.4) is 0 Å². The summed E-state index contributed by atoms with van der Waals surface area (Å²) in [5, 5.41) is 11.8.